The normalized spacial score (nSPS) is 16.6. The summed E-state index contributed by atoms with van der Waals surface area (Å²) in [6, 6.07) is 12.6. The van der Waals surface area contributed by atoms with Gasteiger partial charge in [-0.2, -0.15) is 0 Å². The minimum atomic E-state index is 0.215. The Morgan fingerprint density at radius 3 is 2.48 bits per heavy atom. The quantitative estimate of drug-likeness (QED) is 0.791. The first-order chi connectivity index (χ1) is 12.2. The summed E-state index contributed by atoms with van der Waals surface area (Å²) in [7, 11) is 0. The topological polar surface area (TPSA) is 32.8 Å². The number of carbonyl (C=O) groups excluding carboxylic acids is 1. The van der Waals surface area contributed by atoms with E-state index >= 15 is 0 Å². The zero-order chi connectivity index (χ0) is 17.6. The Morgan fingerprint density at radius 2 is 1.88 bits per heavy atom. The molecule has 1 aliphatic rings. The zero-order valence-electron chi connectivity index (χ0n) is 15.0. The highest BCUT2D eigenvalue weighted by molar-refractivity contribution is 7.10. The molecule has 2 heterocycles. The van der Waals surface area contributed by atoms with Gasteiger partial charge in [-0.25, -0.2) is 0 Å². The van der Waals surface area contributed by atoms with Crippen molar-refractivity contribution in [1.29, 1.82) is 0 Å². The molecular weight excluding hydrogens is 332 g/mol. The van der Waals surface area contributed by atoms with Crippen LogP contribution >= 0.6 is 11.3 Å². The lowest BCUT2D eigenvalue weighted by atomic mass is 10.1. The van der Waals surface area contributed by atoms with Crippen LogP contribution in [0.1, 0.15) is 30.3 Å². The van der Waals surface area contributed by atoms with Crippen LogP contribution in [0.5, 0.6) is 5.75 Å². The van der Waals surface area contributed by atoms with Gasteiger partial charge in [0.05, 0.1) is 13.0 Å². The smallest absolute Gasteiger partial charge is 0.227 e. The van der Waals surface area contributed by atoms with Crippen molar-refractivity contribution in [3.63, 3.8) is 0 Å². The molecule has 1 fully saturated rings. The minimum absolute atomic E-state index is 0.215. The van der Waals surface area contributed by atoms with Gasteiger partial charge in [0, 0.05) is 37.1 Å². The Balaban J connectivity index is 1.49. The number of hydrogen-bond donors (Lipinski definition) is 0. The molecule has 1 aromatic carbocycles. The van der Waals surface area contributed by atoms with E-state index in [9.17, 15) is 4.79 Å². The first-order valence-corrected chi connectivity index (χ1v) is 9.82. The number of amides is 1. The molecule has 0 radical (unpaired) electrons. The number of benzene rings is 1. The van der Waals surface area contributed by atoms with Crippen molar-refractivity contribution < 1.29 is 9.53 Å². The molecule has 2 aromatic rings. The molecule has 134 valence electrons. The van der Waals surface area contributed by atoms with Crippen LogP contribution < -0.4 is 4.74 Å². The van der Waals surface area contributed by atoms with Crippen LogP contribution in [0.25, 0.3) is 0 Å². The fraction of sp³-hybridized carbons (Fsp3) is 0.450. The Bertz CT molecular complexity index is 662. The largest absolute Gasteiger partial charge is 0.494 e. The molecule has 1 amide bonds. The maximum atomic E-state index is 12.6. The molecule has 1 unspecified atom stereocenters. The van der Waals surface area contributed by atoms with E-state index in [1.54, 1.807) is 11.3 Å². The van der Waals surface area contributed by atoms with E-state index in [1.807, 2.05) is 36.1 Å². The lowest BCUT2D eigenvalue weighted by molar-refractivity contribution is -0.132. The molecule has 5 heteroatoms. The van der Waals surface area contributed by atoms with Crippen LogP contribution in [0.3, 0.4) is 0 Å². The fourth-order valence-corrected chi connectivity index (χ4v) is 4.04. The average Bonchev–Trinajstić information content (AvgIpc) is 3.18. The molecule has 1 saturated heterocycles. The molecule has 1 aromatic heterocycles. The summed E-state index contributed by atoms with van der Waals surface area (Å²) in [4.78, 5) is 18.4. The molecule has 0 spiro atoms. The van der Waals surface area contributed by atoms with E-state index in [4.69, 9.17) is 4.74 Å². The van der Waals surface area contributed by atoms with Crippen LogP contribution in [-0.2, 0) is 11.2 Å². The summed E-state index contributed by atoms with van der Waals surface area (Å²) in [5.41, 5.74) is 1.04. The maximum Gasteiger partial charge on any atom is 0.227 e. The van der Waals surface area contributed by atoms with Gasteiger partial charge in [0.15, 0.2) is 0 Å². The van der Waals surface area contributed by atoms with Crippen LogP contribution in [-0.4, -0.2) is 48.5 Å². The molecule has 0 saturated carbocycles. The maximum absolute atomic E-state index is 12.6. The SMILES string of the molecule is CCOc1ccc(CC(=O)N2CCN(C(C)c3cccs3)CC2)cc1. The van der Waals surface area contributed by atoms with Crippen molar-refractivity contribution >= 4 is 17.2 Å². The number of piperazine rings is 1. The van der Waals surface area contributed by atoms with E-state index in [-0.39, 0.29) is 5.91 Å². The summed E-state index contributed by atoms with van der Waals surface area (Å²) in [5.74, 6) is 1.07. The second-order valence-corrected chi connectivity index (χ2v) is 7.34. The van der Waals surface area contributed by atoms with Gasteiger partial charge in [-0.1, -0.05) is 18.2 Å². The number of ether oxygens (including phenoxy) is 1. The second-order valence-electron chi connectivity index (χ2n) is 6.36. The molecule has 0 aliphatic carbocycles. The number of rotatable bonds is 6. The van der Waals surface area contributed by atoms with Crippen molar-refractivity contribution in [1.82, 2.24) is 9.80 Å². The van der Waals surface area contributed by atoms with Gasteiger partial charge in [0.1, 0.15) is 5.75 Å². The highest BCUT2D eigenvalue weighted by Crippen LogP contribution is 2.25. The third kappa shape index (κ3) is 4.61. The Hall–Kier alpha value is -1.85. The molecule has 25 heavy (non-hydrogen) atoms. The summed E-state index contributed by atoms with van der Waals surface area (Å²) >= 11 is 1.81. The van der Waals surface area contributed by atoms with Gasteiger partial charge in [0.2, 0.25) is 5.91 Å². The van der Waals surface area contributed by atoms with Crippen LogP contribution in [0.15, 0.2) is 41.8 Å². The fourth-order valence-electron chi connectivity index (χ4n) is 3.22. The lowest BCUT2D eigenvalue weighted by Crippen LogP contribution is -2.49. The predicted octanol–water partition coefficient (Wildman–Crippen LogP) is 3.59. The molecule has 3 rings (SSSR count). The van der Waals surface area contributed by atoms with Crippen LogP contribution in [0, 0.1) is 0 Å². The standard InChI is InChI=1S/C20H26N2O2S/c1-3-24-18-8-6-17(7-9-18)15-20(23)22-12-10-21(11-13-22)16(2)19-5-4-14-25-19/h4-9,14,16H,3,10-13,15H2,1-2H3. The summed E-state index contributed by atoms with van der Waals surface area (Å²) < 4.78 is 5.45. The first-order valence-electron chi connectivity index (χ1n) is 8.94. The molecule has 1 atom stereocenters. The second kappa shape index (κ2) is 8.50. The number of carbonyl (C=O) groups is 1. The van der Waals surface area contributed by atoms with Crippen molar-refractivity contribution in [3.8, 4) is 5.75 Å². The Morgan fingerprint density at radius 1 is 1.16 bits per heavy atom. The third-order valence-corrected chi connectivity index (χ3v) is 5.80. The lowest BCUT2D eigenvalue weighted by Gasteiger charge is -2.37. The van der Waals surface area contributed by atoms with Gasteiger partial charge >= 0.3 is 0 Å². The molecule has 4 nitrogen and oxygen atoms in total. The first kappa shape index (κ1) is 18.0. The van der Waals surface area contributed by atoms with Gasteiger partial charge < -0.3 is 9.64 Å². The van der Waals surface area contributed by atoms with Crippen molar-refractivity contribution in [3.05, 3.63) is 52.2 Å². The average molecular weight is 359 g/mol. The molecule has 0 bridgehead atoms. The summed E-state index contributed by atoms with van der Waals surface area (Å²) in [6.07, 6.45) is 0.465. The minimum Gasteiger partial charge on any atom is -0.494 e. The predicted molar refractivity (Wildman–Crippen MR) is 102 cm³/mol. The molecular formula is C20H26N2O2S. The third-order valence-electron chi connectivity index (χ3n) is 4.76. The highest BCUT2D eigenvalue weighted by atomic mass is 32.1. The molecule has 0 N–H and O–H groups in total. The van der Waals surface area contributed by atoms with Gasteiger partial charge in [-0.15, -0.1) is 11.3 Å². The van der Waals surface area contributed by atoms with Crippen LogP contribution in [0.4, 0.5) is 0 Å². The van der Waals surface area contributed by atoms with Crippen molar-refractivity contribution in [2.75, 3.05) is 32.8 Å². The van der Waals surface area contributed by atoms with E-state index < -0.39 is 0 Å². The number of thiophene rings is 1. The zero-order valence-corrected chi connectivity index (χ0v) is 15.8. The number of nitrogens with zero attached hydrogens (tertiary/aromatic N) is 2. The summed E-state index contributed by atoms with van der Waals surface area (Å²) in [6.45, 7) is 8.38. The van der Waals surface area contributed by atoms with E-state index in [1.165, 1.54) is 4.88 Å². The van der Waals surface area contributed by atoms with Crippen LogP contribution in [0.2, 0.25) is 0 Å². The van der Waals surface area contributed by atoms with E-state index in [2.05, 4.69) is 29.3 Å². The van der Waals surface area contributed by atoms with E-state index in [0.717, 1.165) is 37.5 Å². The Labute approximate surface area is 154 Å². The Kier molecular flexibility index (Phi) is 6.10. The highest BCUT2D eigenvalue weighted by Gasteiger charge is 2.25. The van der Waals surface area contributed by atoms with Gasteiger partial charge in [0.25, 0.3) is 0 Å². The van der Waals surface area contributed by atoms with E-state index in [0.29, 0.717) is 19.1 Å². The van der Waals surface area contributed by atoms with Crippen molar-refractivity contribution in [2.24, 2.45) is 0 Å². The van der Waals surface area contributed by atoms with Crippen molar-refractivity contribution in [2.45, 2.75) is 26.3 Å². The number of hydrogen-bond acceptors (Lipinski definition) is 4. The monoisotopic (exact) mass is 358 g/mol. The molecule has 1 aliphatic heterocycles. The van der Waals surface area contributed by atoms with Gasteiger partial charge in [-0.05, 0) is 43.0 Å². The van der Waals surface area contributed by atoms with Gasteiger partial charge in [-0.3, -0.25) is 9.69 Å². The summed E-state index contributed by atoms with van der Waals surface area (Å²) in [5, 5.41) is 2.13.